The number of pyridine rings is 1. The van der Waals surface area contributed by atoms with Crippen LogP contribution in [-0.4, -0.2) is 74.2 Å². The van der Waals surface area contributed by atoms with Crippen molar-refractivity contribution in [3.05, 3.63) is 59.4 Å². The lowest BCUT2D eigenvalue weighted by atomic mass is 10.1. The van der Waals surface area contributed by atoms with Crippen molar-refractivity contribution in [1.29, 1.82) is 0 Å². The van der Waals surface area contributed by atoms with Crippen molar-refractivity contribution in [3.63, 3.8) is 0 Å². The summed E-state index contributed by atoms with van der Waals surface area (Å²) in [6, 6.07) is 11.6. The highest BCUT2D eigenvalue weighted by Crippen LogP contribution is 2.32. The fourth-order valence-electron chi connectivity index (χ4n) is 4.35. The monoisotopic (exact) mass is 518 g/mol. The first-order valence-electron chi connectivity index (χ1n) is 11.9. The Hall–Kier alpha value is -3.75. The van der Waals surface area contributed by atoms with Crippen LogP contribution in [0.2, 0.25) is 5.02 Å². The number of fused-ring (bicyclic) bond motifs is 2. The molecule has 2 aliphatic heterocycles. The SMILES string of the molecule is OC1CO[C@@H]2C(Oc3nc4nc(-c5ccc(C#CCCNc6ncccn6)cc5)c(Cl)cc4[nH]3)CO[C@H]12. The third-order valence-electron chi connectivity index (χ3n) is 6.14. The van der Waals surface area contributed by atoms with Crippen molar-refractivity contribution in [3.8, 4) is 29.1 Å². The predicted molar refractivity (Wildman–Crippen MR) is 136 cm³/mol. The first-order valence-corrected chi connectivity index (χ1v) is 12.3. The van der Waals surface area contributed by atoms with Crippen molar-refractivity contribution in [2.24, 2.45) is 0 Å². The van der Waals surface area contributed by atoms with E-state index in [4.69, 9.17) is 25.8 Å². The van der Waals surface area contributed by atoms with Crippen molar-refractivity contribution in [1.82, 2.24) is 24.9 Å². The molecule has 10 nitrogen and oxygen atoms in total. The van der Waals surface area contributed by atoms with Gasteiger partial charge in [-0.2, -0.15) is 4.98 Å². The minimum atomic E-state index is -0.638. The molecule has 2 unspecified atom stereocenters. The second kappa shape index (κ2) is 10.3. The van der Waals surface area contributed by atoms with E-state index in [2.05, 4.69) is 42.1 Å². The topological polar surface area (TPSA) is 127 Å². The number of H-pyrrole nitrogens is 1. The zero-order valence-corrected chi connectivity index (χ0v) is 20.4. The number of imidazole rings is 1. The maximum absolute atomic E-state index is 9.92. The molecule has 1 aromatic carbocycles. The highest BCUT2D eigenvalue weighted by Gasteiger charge is 2.48. The number of hydrogen-bond donors (Lipinski definition) is 3. The van der Waals surface area contributed by atoms with E-state index < -0.39 is 6.10 Å². The smallest absolute Gasteiger partial charge is 0.296 e. The molecule has 0 spiro atoms. The summed E-state index contributed by atoms with van der Waals surface area (Å²) in [6.45, 7) is 1.21. The molecule has 188 valence electrons. The third-order valence-corrected chi connectivity index (χ3v) is 6.43. The van der Waals surface area contributed by atoms with Gasteiger partial charge in [-0.3, -0.25) is 0 Å². The van der Waals surface area contributed by atoms with E-state index in [1.807, 2.05) is 24.3 Å². The fraction of sp³-hybridized carbons (Fsp3) is 0.308. The fourth-order valence-corrected chi connectivity index (χ4v) is 4.61. The average Bonchev–Trinajstić information content (AvgIpc) is 3.61. The van der Waals surface area contributed by atoms with E-state index >= 15 is 0 Å². The van der Waals surface area contributed by atoms with E-state index in [9.17, 15) is 5.11 Å². The van der Waals surface area contributed by atoms with Crippen molar-refractivity contribution in [2.45, 2.75) is 30.8 Å². The van der Waals surface area contributed by atoms with E-state index in [1.54, 1.807) is 24.5 Å². The predicted octanol–water partition coefficient (Wildman–Crippen LogP) is 2.83. The number of halogens is 1. The van der Waals surface area contributed by atoms with Crippen LogP contribution in [0.15, 0.2) is 48.8 Å². The van der Waals surface area contributed by atoms with Crippen LogP contribution in [0.25, 0.3) is 22.4 Å². The summed E-state index contributed by atoms with van der Waals surface area (Å²) >= 11 is 6.55. The molecule has 4 atom stereocenters. The Morgan fingerprint density at radius 2 is 1.92 bits per heavy atom. The first-order chi connectivity index (χ1) is 18.1. The number of aromatic nitrogens is 5. The molecule has 0 amide bonds. The van der Waals surface area contributed by atoms with Crippen LogP contribution in [0, 0.1) is 11.8 Å². The molecule has 37 heavy (non-hydrogen) atoms. The molecular weight excluding hydrogens is 496 g/mol. The molecule has 2 fully saturated rings. The minimum Gasteiger partial charge on any atom is -0.456 e. The Morgan fingerprint density at radius 3 is 2.76 bits per heavy atom. The van der Waals surface area contributed by atoms with Crippen LogP contribution in [0.1, 0.15) is 12.0 Å². The van der Waals surface area contributed by atoms with Crippen molar-refractivity contribution >= 4 is 28.7 Å². The number of nitrogens with one attached hydrogen (secondary N) is 2. The Balaban J connectivity index is 1.11. The summed E-state index contributed by atoms with van der Waals surface area (Å²) in [5.41, 5.74) is 3.50. The molecule has 4 aromatic rings. The zero-order chi connectivity index (χ0) is 25.2. The molecule has 6 rings (SSSR count). The summed E-state index contributed by atoms with van der Waals surface area (Å²) in [4.78, 5) is 20.5. The molecular formula is C26H23ClN6O4. The standard InChI is InChI=1S/C26H23ClN6O4/c27-17-12-18-24(33-26(31-18)37-20-14-36-22-19(34)13-35-23(20)22)32-21(17)16-7-5-15(6-8-16)4-1-2-9-28-25-29-10-3-11-30-25/h3,5-8,10-12,19-20,22-23,34H,2,9,13-14H2,(H,28,29,30)(H,31,32,33)/t19?,20?,22-,23-/m1/s1. The maximum Gasteiger partial charge on any atom is 0.296 e. The van der Waals surface area contributed by atoms with Crippen LogP contribution < -0.4 is 10.1 Å². The normalized spacial score (nSPS) is 22.4. The van der Waals surface area contributed by atoms with Gasteiger partial charge >= 0.3 is 0 Å². The Morgan fingerprint density at radius 1 is 1.11 bits per heavy atom. The molecule has 3 N–H and O–H groups in total. The highest BCUT2D eigenvalue weighted by atomic mass is 35.5. The number of nitrogens with zero attached hydrogens (tertiary/aromatic N) is 4. The largest absolute Gasteiger partial charge is 0.456 e. The number of aliphatic hydroxyl groups is 1. The Kier molecular flexibility index (Phi) is 6.59. The average molecular weight is 519 g/mol. The van der Waals surface area contributed by atoms with Gasteiger partial charge in [-0.25, -0.2) is 15.0 Å². The van der Waals surface area contributed by atoms with Gasteiger partial charge in [0.2, 0.25) is 5.95 Å². The quantitative estimate of drug-likeness (QED) is 0.261. The van der Waals surface area contributed by atoms with Gasteiger partial charge in [0.25, 0.3) is 6.01 Å². The molecule has 0 bridgehead atoms. The van der Waals surface area contributed by atoms with Gasteiger partial charge in [-0.15, -0.1) is 0 Å². The highest BCUT2D eigenvalue weighted by molar-refractivity contribution is 6.33. The van der Waals surface area contributed by atoms with Gasteiger partial charge in [-0.1, -0.05) is 35.6 Å². The van der Waals surface area contributed by atoms with Gasteiger partial charge < -0.3 is 29.6 Å². The molecule has 0 saturated carbocycles. The van der Waals surface area contributed by atoms with E-state index in [0.717, 1.165) is 11.1 Å². The summed E-state index contributed by atoms with van der Waals surface area (Å²) in [7, 11) is 0. The lowest BCUT2D eigenvalue weighted by Gasteiger charge is -2.15. The molecule has 2 aliphatic rings. The number of aliphatic hydroxyl groups excluding tert-OH is 1. The molecule has 11 heteroatoms. The van der Waals surface area contributed by atoms with Crippen LogP contribution in [0.4, 0.5) is 5.95 Å². The van der Waals surface area contributed by atoms with E-state index in [-0.39, 0.29) is 24.9 Å². The van der Waals surface area contributed by atoms with Crippen LogP contribution in [-0.2, 0) is 9.47 Å². The molecule has 2 saturated heterocycles. The lowest BCUT2D eigenvalue weighted by molar-refractivity contribution is 0.00706. The Bertz CT molecular complexity index is 1450. The van der Waals surface area contributed by atoms with Gasteiger partial charge in [0.15, 0.2) is 11.8 Å². The first kappa shape index (κ1) is 23.6. The van der Waals surface area contributed by atoms with Gasteiger partial charge in [-0.05, 0) is 24.3 Å². The number of benzene rings is 1. The second-order valence-corrected chi connectivity index (χ2v) is 9.09. The molecule has 0 aliphatic carbocycles. The zero-order valence-electron chi connectivity index (χ0n) is 19.6. The summed E-state index contributed by atoms with van der Waals surface area (Å²) in [5.74, 6) is 6.89. The van der Waals surface area contributed by atoms with E-state index in [0.29, 0.717) is 53.4 Å². The molecule has 3 aromatic heterocycles. The van der Waals surface area contributed by atoms with Crippen molar-refractivity contribution in [2.75, 3.05) is 25.1 Å². The maximum atomic E-state index is 9.92. The summed E-state index contributed by atoms with van der Waals surface area (Å²) < 4.78 is 17.2. The second-order valence-electron chi connectivity index (χ2n) is 8.68. The van der Waals surface area contributed by atoms with Gasteiger partial charge in [0.1, 0.15) is 18.3 Å². The number of anilines is 1. The minimum absolute atomic E-state index is 0.237. The third kappa shape index (κ3) is 5.08. The number of aromatic amines is 1. The van der Waals surface area contributed by atoms with Gasteiger partial charge in [0.05, 0.1) is 29.4 Å². The van der Waals surface area contributed by atoms with E-state index in [1.165, 1.54) is 0 Å². The Labute approximate surface area is 217 Å². The number of ether oxygens (including phenoxy) is 3. The van der Waals surface area contributed by atoms with Crippen molar-refractivity contribution < 1.29 is 19.3 Å². The number of hydrogen-bond acceptors (Lipinski definition) is 9. The summed E-state index contributed by atoms with van der Waals surface area (Å²) in [5, 5.41) is 13.5. The van der Waals surface area contributed by atoms with Crippen LogP contribution in [0.3, 0.4) is 0 Å². The van der Waals surface area contributed by atoms with Crippen LogP contribution >= 0.6 is 11.6 Å². The molecule has 5 heterocycles. The lowest BCUT2D eigenvalue weighted by Crippen LogP contribution is -2.34. The van der Waals surface area contributed by atoms with Gasteiger partial charge in [0, 0.05) is 36.5 Å². The van der Waals surface area contributed by atoms with Crippen LogP contribution in [0.5, 0.6) is 6.01 Å². The summed E-state index contributed by atoms with van der Waals surface area (Å²) in [6.07, 6.45) is 2.34. The molecule has 0 radical (unpaired) electrons. The number of rotatable bonds is 6.